The van der Waals surface area contributed by atoms with E-state index in [2.05, 4.69) is 44.0 Å². The molecule has 4 heteroatoms. The fraction of sp³-hybridized carbons (Fsp3) is 0.474. The van der Waals surface area contributed by atoms with Crippen molar-refractivity contribution in [2.45, 2.75) is 52.1 Å². The van der Waals surface area contributed by atoms with Gasteiger partial charge < -0.3 is 0 Å². The molecule has 2 nitrogen and oxygen atoms in total. The summed E-state index contributed by atoms with van der Waals surface area (Å²) in [5, 5.41) is 2.89. The monoisotopic (exact) mass is 344 g/mol. The van der Waals surface area contributed by atoms with Crippen LogP contribution in [0.1, 0.15) is 15.2 Å². The Labute approximate surface area is 146 Å². The van der Waals surface area contributed by atoms with Crippen LogP contribution in [0.4, 0.5) is 0 Å². The highest BCUT2D eigenvalue weighted by Gasteiger charge is 2.45. The van der Waals surface area contributed by atoms with Gasteiger partial charge in [0.05, 0.1) is 26.9 Å². The van der Waals surface area contributed by atoms with E-state index in [0.29, 0.717) is 5.56 Å². The third-order valence-corrected chi connectivity index (χ3v) is 12.6. The van der Waals surface area contributed by atoms with Crippen molar-refractivity contribution in [1.29, 1.82) is 0 Å². The van der Waals surface area contributed by atoms with Crippen molar-refractivity contribution in [3.63, 3.8) is 0 Å². The Bertz CT molecular complexity index is 874. The van der Waals surface area contributed by atoms with Crippen LogP contribution in [-0.4, -0.2) is 21.1 Å². The summed E-state index contributed by atoms with van der Waals surface area (Å²) in [6.07, 6.45) is 2.31. The van der Waals surface area contributed by atoms with E-state index in [0.717, 1.165) is 17.0 Å². The van der Waals surface area contributed by atoms with Crippen molar-refractivity contribution in [3.8, 4) is 11.4 Å². The van der Waals surface area contributed by atoms with Gasteiger partial charge in [-0.2, -0.15) is 0 Å². The molecule has 1 aliphatic rings. The van der Waals surface area contributed by atoms with Crippen LogP contribution in [0, 0.1) is 13.8 Å². The lowest BCUT2D eigenvalue weighted by Crippen LogP contribution is -2.67. The first-order valence-corrected chi connectivity index (χ1v) is 14.8. The van der Waals surface area contributed by atoms with Crippen molar-refractivity contribution in [3.05, 3.63) is 35.5 Å². The Morgan fingerprint density at radius 2 is 1.83 bits per heavy atom. The number of fused-ring (bicyclic) bond motifs is 1. The van der Waals surface area contributed by atoms with E-state index in [1.165, 1.54) is 22.6 Å². The van der Waals surface area contributed by atoms with Gasteiger partial charge in [-0.05, 0) is 25.4 Å². The molecule has 2 heterocycles. The van der Waals surface area contributed by atoms with Gasteiger partial charge in [-0.1, -0.05) is 61.0 Å². The zero-order valence-electron chi connectivity index (χ0n) is 18.1. The average Bonchev–Trinajstić information content (AvgIpc) is 2.51. The smallest absolute Gasteiger partial charge is 0.233 e. The van der Waals surface area contributed by atoms with Crippen LogP contribution in [-0.2, 0) is 7.05 Å². The number of hydrogen-bond acceptors (Lipinski definition) is 1. The molecule has 3 rings (SSSR count). The van der Waals surface area contributed by atoms with Gasteiger partial charge in [0, 0.05) is 9.30 Å². The molecule has 0 spiro atoms. The minimum atomic E-state index is -2.07. The summed E-state index contributed by atoms with van der Waals surface area (Å²) in [4.78, 5) is 5.20. The Kier molecular flexibility index (Phi) is 3.06. The number of aryl methyl sites for hydroxylation is 3. The van der Waals surface area contributed by atoms with Crippen LogP contribution < -0.4 is 15.1 Å². The zero-order chi connectivity index (χ0) is 19.5. The van der Waals surface area contributed by atoms with E-state index in [1.54, 1.807) is 12.1 Å². The van der Waals surface area contributed by atoms with Crippen molar-refractivity contribution < 1.29 is 8.68 Å². The van der Waals surface area contributed by atoms with Crippen LogP contribution in [0.3, 0.4) is 0 Å². The third kappa shape index (κ3) is 2.83. The fourth-order valence-corrected chi connectivity index (χ4v) is 13.6. The van der Waals surface area contributed by atoms with E-state index in [1.807, 2.05) is 13.0 Å². The average molecular weight is 345 g/mol. The summed E-state index contributed by atoms with van der Waals surface area (Å²) in [5.74, 6) is 0.950. The lowest BCUT2D eigenvalue weighted by atomic mass is 10.1. The maximum absolute atomic E-state index is 7.63. The highest BCUT2D eigenvalue weighted by atomic mass is 28.3. The summed E-state index contributed by atoms with van der Waals surface area (Å²) < 4.78 is 25.0. The summed E-state index contributed by atoms with van der Waals surface area (Å²) in [7, 11) is -0.888. The summed E-state index contributed by atoms with van der Waals surface area (Å²) in [6, 6.07) is 8.09. The SMILES string of the molecule is [2H]C([2H])([2H])c1ccc(-c2nc3c(c[n+]2C)[Si](C)(C)CC[Si]3(C)C)c(C)c1. The van der Waals surface area contributed by atoms with Gasteiger partial charge in [-0.25, -0.2) is 4.57 Å². The Balaban J connectivity index is 2.19. The molecule has 0 N–H and O–H groups in total. The maximum Gasteiger partial charge on any atom is 0.329 e. The molecule has 1 aromatic heterocycles. The second kappa shape index (κ2) is 5.38. The summed E-state index contributed by atoms with van der Waals surface area (Å²) in [6.45, 7) is 9.67. The van der Waals surface area contributed by atoms with Crippen LogP contribution in [0.2, 0.25) is 38.3 Å². The first-order chi connectivity index (χ1) is 11.8. The number of nitrogens with zero attached hydrogens (tertiary/aromatic N) is 2. The highest BCUT2D eigenvalue weighted by molar-refractivity contribution is 7.02. The Morgan fingerprint density at radius 1 is 1.13 bits per heavy atom. The third-order valence-electron chi connectivity index (χ3n) is 5.34. The maximum atomic E-state index is 7.63. The molecule has 122 valence electrons. The molecule has 0 atom stereocenters. The van der Waals surface area contributed by atoms with Gasteiger partial charge in [0.1, 0.15) is 13.4 Å². The van der Waals surface area contributed by atoms with Gasteiger partial charge in [-0.3, -0.25) is 0 Å². The van der Waals surface area contributed by atoms with Gasteiger partial charge >= 0.3 is 5.82 Å². The number of hydrogen-bond donors (Lipinski definition) is 0. The van der Waals surface area contributed by atoms with E-state index >= 15 is 0 Å². The molecule has 0 aliphatic carbocycles. The first kappa shape index (κ1) is 13.1. The zero-order valence-corrected chi connectivity index (χ0v) is 17.1. The van der Waals surface area contributed by atoms with Gasteiger partial charge in [0.25, 0.3) is 0 Å². The Morgan fingerprint density at radius 3 is 2.48 bits per heavy atom. The predicted molar refractivity (Wildman–Crippen MR) is 104 cm³/mol. The van der Waals surface area contributed by atoms with Gasteiger partial charge in [0.15, 0.2) is 0 Å². The molecule has 2 aromatic rings. The topological polar surface area (TPSA) is 16.8 Å². The van der Waals surface area contributed by atoms with Gasteiger partial charge in [-0.15, -0.1) is 0 Å². The molecule has 0 bridgehead atoms. The minimum absolute atomic E-state index is 0.391. The van der Waals surface area contributed by atoms with Crippen LogP contribution >= 0.6 is 0 Å². The molecule has 23 heavy (non-hydrogen) atoms. The first-order valence-electron chi connectivity index (χ1n) is 9.86. The minimum Gasteiger partial charge on any atom is -0.233 e. The molecule has 0 saturated carbocycles. The Hall–Kier alpha value is -1.27. The van der Waals surface area contributed by atoms with Crippen molar-refractivity contribution >= 4 is 26.7 Å². The molecule has 1 aromatic carbocycles. The number of aromatic nitrogens is 2. The summed E-state index contributed by atoms with van der Waals surface area (Å²) in [5.41, 5.74) is 2.38. The second-order valence-electron chi connectivity index (χ2n) is 8.24. The van der Waals surface area contributed by atoms with Crippen LogP contribution in [0.5, 0.6) is 0 Å². The highest BCUT2D eigenvalue weighted by Crippen LogP contribution is 2.26. The molecular formula is C19H29N2Si2+. The summed E-state index contributed by atoms with van der Waals surface area (Å²) >= 11 is 0. The molecule has 1 aliphatic heterocycles. The second-order valence-corrected chi connectivity index (χ2v) is 17.8. The van der Waals surface area contributed by atoms with E-state index in [-0.39, 0.29) is 0 Å². The van der Waals surface area contributed by atoms with E-state index in [9.17, 15) is 0 Å². The lowest BCUT2D eigenvalue weighted by Gasteiger charge is -2.35. The van der Waals surface area contributed by atoms with Crippen molar-refractivity contribution in [1.82, 2.24) is 4.98 Å². The molecule has 0 saturated heterocycles. The standard InChI is InChI=1S/C19H29N2Si2/c1-14-8-9-16(15(2)12-14)18-20-19-17(13-21(18)3)22(4,5)10-11-23(19,6)7/h8-9,12-13H,10-11H2,1-7H3/q+1/i1D3. The van der Waals surface area contributed by atoms with E-state index in [4.69, 9.17) is 9.10 Å². The quantitative estimate of drug-likeness (QED) is 0.574. The number of benzene rings is 1. The van der Waals surface area contributed by atoms with Crippen LogP contribution in [0.15, 0.2) is 24.4 Å². The van der Waals surface area contributed by atoms with Crippen molar-refractivity contribution in [2.75, 3.05) is 0 Å². The molecule has 0 amide bonds. The predicted octanol–water partition coefficient (Wildman–Crippen LogP) is 3.03. The molecule has 0 radical (unpaired) electrons. The fourth-order valence-electron chi connectivity index (χ4n) is 3.61. The lowest BCUT2D eigenvalue weighted by molar-refractivity contribution is -0.662. The molecule has 0 unspecified atom stereocenters. The molecule has 0 fully saturated rings. The van der Waals surface area contributed by atoms with E-state index < -0.39 is 23.0 Å². The van der Waals surface area contributed by atoms with Crippen molar-refractivity contribution in [2.24, 2.45) is 7.05 Å². The van der Waals surface area contributed by atoms with Gasteiger partial charge in [0.2, 0.25) is 0 Å². The van der Waals surface area contributed by atoms with Crippen LogP contribution in [0.25, 0.3) is 11.4 Å². The largest absolute Gasteiger partial charge is 0.329 e. The molecular weight excluding hydrogens is 312 g/mol. The normalized spacial score (nSPS) is 21.0. The number of rotatable bonds is 1.